The van der Waals surface area contributed by atoms with E-state index in [2.05, 4.69) is 5.32 Å². The Labute approximate surface area is 127 Å². The van der Waals surface area contributed by atoms with Gasteiger partial charge in [-0.1, -0.05) is 17.7 Å². The first-order valence-corrected chi connectivity index (χ1v) is 7.04. The summed E-state index contributed by atoms with van der Waals surface area (Å²) < 4.78 is 5.19. The third kappa shape index (κ3) is 4.70. The number of aliphatic carboxylic acids is 1. The van der Waals surface area contributed by atoms with Crippen molar-refractivity contribution in [3.63, 3.8) is 0 Å². The van der Waals surface area contributed by atoms with Gasteiger partial charge in [0.05, 0.1) is 19.6 Å². The maximum absolute atomic E-state index is 12.0. The molecule has 1 heterocycles. The first-order chi connectivity index (χ1) is 10.1. The van der Waals surface area contributed by atoms with Crippen molar-refractivity contribution in [1.82, 2.24) is 4.90 Å². The number of amides is 1. The van der Waals surface area contributed by atoms with Crippen LogP contribution in [0.5, 0.6) is 0 Å². The fourth-order valence-corrected chi connectivity index (χ4v) is 2.41. The lowest BCUT2D eigenvalue weighted by Gasteiger charge is -2.31. The Morgan fingerprint density at radius 2 is 2.10 bits per heavy atom. The van der Waals surface area contributed by atoms with Gasteiger partial charge in [0.25, 0.3) is 0 Å². The van der Waals surface area contributed by atoms with E-state index in [1.54, 1.807) is 29.2 Å². The van der Waals surface area contributed by atoms with Gasteiger partial charge in [-0.25, -0.2) is 0 Å². The molecule has 0 unspecified atom stereocenters. The molecule has 1 aromatic rings. The minimum Gasteiger partial charge on any atom is -0.480 e. The zero-order chi connectivity index (χ0) is 15.2. The topological polar surface area (TPSA) is 78.9 Å². The zero-order valence-corrected chi connectivity index (χ0v) is 12.2. The van der Waals surface area contributed by atoms with Crippen LogP contribution in [0, 0.1) is 0 Å². The van der Waals surface area contributed by atoms with Crippen LogP contribution in [-0.2, 0) is 14.3 Å². The quantitative estimate of drug-likeness (QED) is 0.860. The molecule has 0 spiro atoms. The van der Waals surface area contributed by atoms with Gasteiger partial charge in [0.15, 0.2) is 0 Å². The Morgan fingerprint density at radius 1 is 1.38 bits per heavy atom. The second-order valence-electron chi connectivity index (χ2n) is 4.77. The second-order valence-corrected chi connectivity index (χ2v) is 5.20. The smallest absolute Gasteiger partial charge is 0.321 e. The Hall–Kier alpha value is -1.63. The number of carboxylic acids is 1. The first-order valence-electron chi connectivity index (χ1n) is 6.66. The number of morpholine rings is 1. The number of hydrogen-bond donors (Lipinski definition) is 2. The molecule has 1 fully saturated rings. The molecule has 1 aliphatic heterocycles. The first kappa shape index (κ1) is 15.8. The molecule has 114 valence electrons. The van der Waals surface area contributed by atoms with E-state index in [0.717, 1.165) is 0 Å². The molecule has 1 aliphatic rings. The van der Waals surface area contributed by atoms with Crippen LogP contribution in [0.15, 0.2) is 24.3 Å². The van der Waals surface area contributed by atoms with Crippen LogP contribution < -0.4 is 5.32 Å². The Balaban J connectivity index is 1.96. The summed E-state index contributed by atoms with van der Waals surface area (Å²) in [4.78, 5) is 25.1. The molecule has 0 radical (unpaired) electrons. The summed E-state index contributed by atoms with van der Waals surface area (Å²) in [7, 11) is 0. The maximum atomic E-state index is 12.0. The minimum atomic E-state index is -1.00. The lowest BCUT2D eigenvalue weighted by Crippen LogP contribution is -2.48. The van der Waals surface area contributed by atoms with Gasteiger partial charge >= 0.3 is 5.97 Å². The van der Waals surface area contributed by atoms with Crippen molar-refractivity contribution in [2.45, 2.75) is 12.5 Å². The molecule has 1 atom stereocenters. The molecule has 1 aromatic carbocycles. The maximum Gasteiger partial charge on any atom is 0.321 e. The van der Waals surface area contributed by atoms with E-state index in [1.807, 2.05) is 0 Å². The highest BCUT2D eigenvalue weighted by Gasteiger charge is 2.29. The number of carbonyl (C=O) groups excluding carboxylic acids is 1. The number of carbonyl (C=O) groups is 2. The van der Waals surface area contributed by atoms with Crippen LogP contribution >= 0.6 is 11.6 Å². The fourth-order valence-electron chi connectivity index (χ4n) is 2.22. The summed E-state index contributed by atoms with van der Waals surface area (Å²) in [5.41, 5.74) is 0.554. The van der Waals surface area contributed by atoms with Gasteiger partial charge in [-0.05, 0) is 18.2 Å². The zero-order valence-electron chi connectivity index (χ0n) is 11.4. The van der Waals surface area contributed by atoms with Gasteiger partial charge in [-0.2, -0.15) is 0 Å². The number of ether oxygens (including phenoxy) is 1. The van der Waals surface area contributed by atoms with Crippen LogP contribution in [0.2, 0.25) is 5.02 Å². The molecular formula is C14H17ClN2O4. The summed E-state index contributed by atoms with van der Waals surface area (Å²) in [5.74, 6) is -1.35. The van der Waals surface area contributed by atoms with E-state index in [9.17, 15) is 14.7 Å². The van der Waals surface area contributed by atoms with Crippen LogP contribution in [-0.4, -0.2) is 54.2 Å². The number of benzene rings is 1. The van der Waals surface area contributed by atoms with Gasteiger partial charge in [-0.3, -0.25) is 14.5 Å². The van der Waals surface area contributed by atoms with Crippen LogP contribution in [0.3, 0.4) is 0 Å². The average Bonchev–Trinajstić information content (AvgIpc) is 2.45. The number of hydrogen-bond acceptors (Lipinski definition) is 4. The second kappa shape index (κ2) is 7.40. The van der Waals surface area contributed by atoms with Crippen molar-refractivity contribution < 1.29 is 19.4 Å². The molecular weight excluding hydrogens is 296 g/mol. The summed E-state index contributed by atoms with van der Waals surface area (Å²) in [5, 5.41) is 12.5. The van der Waals surface area contributed by atoms with Gasteiger partial charge in [0.1, 0.15) is 6.04 Å². The summed E-state index contributed by atoms with van der Waals surface area (Å²) >= 11 is 5.84. The normalized spacial score (nSPS) is 17.2. The van der Waals surface area contributed by atoms with E-state index in [4.69, 9.17) is 16.3 Å². The Kier molecular flexibility index (Phi) is 5.55. The van der Waals surface area contributed by atoms with E-state index in [-0.39, 0.29) is 12.3 Å². The number of rotatable bonds is 5. The molecule has 0 saturated carbocycles. The van der Waals surface area contributed by atoms with Gasteiger partial charge in [0, 0.05) is 23.8 Å². The summed E-state index contributed by atoms with van der Waals surface area (Å²) in [6.07, 6.45) is -0.109. The molecule has 6 nitrogen and oxygen atoms in total. The monoisotopic (exact) mass is 312 g/mol. The third-order valence-electron chi connectivity index (χ3n) is 3.26. The average molecular weight is 313 g/mol. The molecule has 2 N–H and O–H groups in total. The van der Waals surface area contributed by atoms with E-state index in [0.29, 0.717) is 37.0 Å². The largest absolute Gasteiger partial charge is 0.480 e. The summed E-state index contributed by atoms with van der Waals surface area (Å²) in [6.45, 7) is 2.00. The Bertz CT molecular complexity index is 517. The molecule has 2 rings (SSSR count). The summed E-state index contributed by atoms with van der Waals surface area (Å²) in [6, 6.07) is 5.89. The van der Waals surface area contributed by atoms with Crippen molar-refractivity contribution >= 4 is 29.2 Å². The highest BCUT2D eigenvalue weighted by atomic mass is 35.5. The minimum absolute atomic E-state index is 0.109. The van der Waals surface area contributed by atoms with E-state index in [1.165, 1.54) is 0 Å². The van der Waals surface area contributed by atoms with Crippen molar-refractivity contribution in [3.8, 4) is 0 Å². The van der Waals surface area contributed by atoms with Crippen molar-refractivity contribution in [1.29, 1.82) is 0 Å². The number of carboxylic acid groups (broad SMARTS) is 1. The predicted molar refractivity (Wildman–Crippen MR) is 78.5 cm³/mol. The third-order valence-corrected chi connectivity index (χ3v) is 3.49. The van der Waals surface area contributed by atoms with Crippen molar-refractivity contribution in [2.75, 3.05) is 31.6 Å². The van der Waals surface area contributed by atoms with Gasteiger partial charge < -0.3 is 15.2 Å². The van der Waals surface area contributed by atoms with Crippen molar-refractivity contribution in [2.24, 2.45) is 0 Å². The molecule has 0 aromatic heterocycles. The fraction of sp³-hybridized carbons (Fsp3) is 0.429. The van der Waals surface area contributed by atoms with E-state index >= 15 is 0 Å². The van der Waals surface area contributed by atoms with Crippen molar-refractivity contribution in [3.05, 3.63) is 29.3 Å². The molecule has 1 amide bonds. The highest BCUT2D eigenvalue weighted by molar-refractivity contribution is 6.30. The van der Waals surface area contributed by atoms with Crippen LogP contribution in [0.25, 0.3) is 0 Å². The number of nitrogens with one attached hydrogen (secondary N) is 1. The van der Waals surface area contributed by atoms with Crippen LogP contribution in [0.1, 0.15) is 6.42 Å². The Morgan fingerprint density at radius 3 is 2.71 bits per heavy atom. The molecule has 0 aliphatic carbocycles. The van der Waals surface area contributed by atoms with Crippen LogP contribution in [0.4, 0.5) is 5.69 Å². The lowest BCUT2D eigenvalue weighted by molar-refractivity contribution is -0.147. The predicted octanol–water partition coefficient (Wildman–Crippen LogP) is 1.45. The van der Waals surface area contributed by atoms with Gasteiger partial charge in [-0.15, -0.1) is 0 Å². The molecule has 21 heavy (non-hydrogen) atoms. The molecule has 0 bridgehead atoms. The molecule has 7 heteroatoms. The number of anilines is 1. The SMILES string of the molecule is O=C(C[C@@H](C(=O)O)N1CCOCC1)Nc1cccc(Cl)c1. The van der Waals surface area contributed by atoms with Gasteiger partial charge in [0.2, 0.25) is 5.91 Å². The van der Waals surface area contributed by atoms with E-state index < -0.39 is 12.0 Å². The standard InChI is InChI=1S/C14H17ClN2O4/c15-10-2-1-3-11(8-10)16-13(18)9-12(14(19)20)17-4-6-21-7-5-17/h1-3,8,12H,4-7,9H2,(H,16,18)(H,19,20)/t12-/m0/s1. The molecule has 1 saturated heterocycles. The highest BCUT2D eigenvalue weighted by Crippen LogP contribution is 2.16. The lowest BCUT2D eigenvalue weighted by atomic mass is 10.1. The number of halogens is 1. The number of nitrogens with zero attached hydrogens (tertiary/aromatic N) is 1.